The van der Waals surface area contributed by atoms with E-state index >= 15 is 0 Å². The van der Waals surface area contributed by atoms with E-state index in [1.807, 2.05) is 0 Å². The van der Waals surface area contributed by atoms with Crippen molar-refractivity contribution < 1.29 is 44.6 Å². The molecule has 0 saturated carbocycles. The number of ketones is 1. The lowest BCUT2D eigenvalue weighted by Crippen LogP contribution is -2.33. The van der Waals surface area contributed by atoms with Gasteiger partial charge in [0.25, 0.3) is 0 Å². The SMILES string of the molecule is CC1C/C=C\C(=O)C(O)C(O)CCCC2C(OCC(O)CO)=CC(O)=C2C(=O)O1. The summed E-state index contributed by atoms with van der Waals surface area (Å²) >= 11 is 0. The lowest BCUT2D eigenvalue weighted by molar-refractivity contribution is -0.144. The van der Waals surface area contributed by atoms with Gasteiger partial charge >= 0.3 is 5.97 Å². The third-order valence-electron chi connectivity index (χ3n) is 4.83. The Bertz CT molecular complexity index is 694. The number of cyclic esters (lactones) is 1. The fourth-order valence-corrected chi connectivity index (χ4v) is 3.20. The predicted molar refractivity (Wildman–Crippen MR) is 100 cm³/mol. The fourth-order valence-electron chi connectivity index (χ4n) is 3.20. The summed E-state index contributed by atoms with van der Waals surface area (Å²) in [5, 5.41) is 48.7. The van der Waals surface area contributed by atoms with Crippen molar-refractivity contribution in [1.29, 1.82) is 0 Å². The monoisotopic (exact) mass is 412 g/mol. The van der Waals surface area contributed by atoms with Crippen LogP contribution in [-0.4, -0.2) is 74.9 Å². The van der Waals surface area contributed by atoms with Gasteiger partial charge in [0.1, 0.15) is 36.4 Å². The summed E-state index contributed by atoms with van der Waals surface area (Å²) in [5.74, 6) is -2.12. The number of hydrogen-bond donors (Lipinski definition) is 5. The number of fused-ring (bicyclic) bond motifs is 1. The van der Waals surface area contributed by atoms with Crippen LogP contribution in [0.4, 0.5) is 0 Å². The molecule has 1 aliphatic heterocycles. The van der Waals surface area contributed by atoms with E-state index in [1.165, 1.54) is 12.2 Å². The van der Waals surface area contributed by atoms with E-state index < -0.39 is 48.7 Å². The van der Waals surface area contributed by atoms with Gasteiger partial charge in [-0.1, -0.05) is 6.08 Å². The summed E-state index contributed by atoms with van der Waals surface area (Å²) in [6.07, 6.45) is 0.188. The normalized spacial score (nSPS) is 31.4. The number of esters is 1. The first kappa shape index (κ1) is 23.1. The topological polar surface area (TPSA) is 154 Å². The average molecular weight is 412 g/mol. The van der Waals surface area contributed by atoms with Gasteiger partial charge in [0, 0.05) is 12.5 Å². The van der Waals surface area contributed by atoms with Crippen LogP contribution >= 0.6 is 0 Å². The highest BCUT2D eigenvalue weighted by Crippen LogP contribution is 2.36. The number of carbonyl (C=O) groups excluding carboxylic acids is 2. The lowest BCUT2D eigenvalue weighted by atomic mass is 9.92. The van der Waals surface area contributed by atoms with Crippen molar-refractivity contribution in [3.63, 3.8) is 0 Å². The Kier molecular flexibility index (Phi) is 8.39. The zero-order chi connectivity index (χ0) is 21.6. The summed E-state index contributed by atoms with van der Waals surface area (Å²) in [6.45, 7) is 0.884. The van der Waals surface area contributed by atoms with Crippen LogP contribution in [0.5, 0.6) is 0 Å². The van der Waals surface area contributed by atoms with Gasteiger partial charge in [-0.2, -0.15) is 0 Å². The van der Waals surface area contributed by atoms with E-state index in [0.717, 1.165) is 6.08 Å². The van der Waals surface area contributed by atoms with Crippen molar-refractivity contribution in [3.05, 3.63) is 35.3 Å². The van der Waals surface area contributed by atoms with Gasteiger partial charge < -0.3 is 35.0 Å². The Labute approximate surface area is 168 Å². The number of aliphatic hydroxyl groups is 5. The fraction of sp³-hybridized carbons (Fsp3) is 0.600. The van der Waals surface area contributed by atoms with Crippen molar-refractivity contribution in [1.82, 2.24) is 0 Å². The van der Waals surface area contributed by atoms with E-state index in [0.29, 0.717) is 6.42 Å². The Morgan fingerprint density at radius 3 is 2.69 bits per heavy atom. The Morgan fingerprint density at radius 1 is 1.28 bits per heavy atom. The van der Waals surface area contributed by atoms with Crippen LogP contribution < -0.4 is 0 Å². The molecule has 5 atom stereocenters. The molecule has 0 bridgehead atoms. The molecule has 1 heterocycles. The van der Waals surface area contributed by atoms with Gasteiger partial charge in [-0.05, 0) is 32.3 Å². The highest BCUT2D eigenvalue weighted by atomic mass is 16.5. The third kappa shape index (κ3) is 6.14. The molecule has 5 unspecified atom stereocenters. The Hall–Kier alpha value is -2.20. The molecule has 0 spiro atoms. The van der Waals surface area contributed by atoms with E-state index in [1.54, 1.807) is 6.92 Å². The quantitative estimate of drug-likeness (QED) is 0.403. The van der Waals surface area contributed by atoms with Crippen molar-refractivity contribution in [2.24, 2.45) is 5.92 Å². The minimum absolute atomic E-state index is 0.0116. The largest absolute Gasteiger partial charge is 0.507 e. The molecule has 0 aromatic rings. The first-order chi connectivity index (χ1) is 13.7. The number of aliphatic hydroxyl groups excluding tert-OH is 5. The van der Waals surface area contributed by atoms with Crippen molar-refractivity contribution in [3.8, 4) is 0 Å². The summed E-state index contributed by atoms with van der Waals surface area (Å²) in [5.41, 5.74) is 0.0116. The van der Waals surface area contributed by atoms with Crippen LogP contribution in [0.2, 0.25) is 0 Å². The maximum atomic E-state index is 12.6. The van der Waals surface area contributed by atoms with E-state index in [-0.39, 0.29) is 43.0 Å². The number of ether oxygens (including phenoxy) is 2. The molecule has 9 nitrogen and oxygen atoms in total. The molecule has 162 valence electrons. The van der Waals surface area contributed by atoms with E-state index in [2.05, 4.69) is 0 Å². The minimum atomic E-state index is -1.55. The number of hydrogen-bond acceptors (Lipinski definition) is 9. The molecule has 9 heteroatoms. The highest BCUT2D eigenvalue weighted by Gasteiger charge is 2.36. The van der Waals surface area contributed by atoms with Gasteiger partial charge in [-0.25, -0.2) is 4.79 Å². The molecule has 0 saturated heterocycles. The van der Waals surface area contributed by atoms with E-state index in [9.17, 15) is 30.0 Å². The molecule has 0 aromatic carbocycles. The molecular formula is C20H28O9. The molecule has 2 rings (SSSR count). The summed E-state index contributed by atoms with van der Waals surface area (Å²) < 4.78 is 10.8. The molecule has 2 aliphatic rings. The van der Waals surface area contributed by atoms with Crippen molar-refractivity contribution >= 4 is 11.8 Å². The smallest absolute Gasteiger partial charge is 0.338 e. The maximum absolute atomic E-state index is 12.6. The van der Waals surface area contributed by atoms with Crippen LogP contribution in [0.1, 0.15) is 32.6 Å². The first-order valence-corrected chi connectivity index (χ1v) is 9.58. The zero-order valence-corrected chi connectivity index (χ0v) is 16.2. The van der Waals surface area contributed by atoms with Gasteiger partial charge in [0.15, 0.2) is 5.78 Å². The Balaban J connectivity index is 2.22. The maximum Gasteiger partial charge on any atom is 0.338 e. The minimum Gasteiger partial charge on any atom is -0.507 e. The molecular weight excluding hydrogens is 384 g/mol. The number of allylic oxidation sites excluding steroid dienone is 2. The number of rotatable bonds is 4. The van der Waals surface area contributed by atoms with Crippen molar-refractivity contribution in [2.75, 3.05) is 13.2 Å². The van der Waals surface area contributed by atoms with Gasteiger partial charge in [0.05, 0.1) is 24.2 Å². The number of carbonyl (C=O) groups is 2. The van der Waals surface area contributed by atoms with E-state index in [4.69, 9.17) is 14.6 Å². The summed E-state index contributed by atoms with van der Waals surface area (Å²) in [6, 6.07) is 0. The zero-order valence-electron chi connectivity index (χ0n) is 16.2. The van der Waals surface area contributed by atoms with Gasteiger partial charge in [-0.3, -0.25) is 4.79 Å². The summed E-state index contributed by atoms with van der Waals surface area (Å²) in [4.78, 5) is 24.5. The van der Waals surface area contributed by atoms with Crippen LogP contribution in [0.25, 0.3) is 0 Å². The Morgan fingerprint density at radius 2 is 2.00 bits per heavy atom. The standard InChI is InChI=1S/C20H28O9/c1-11-4-2-6-14(23)19(26)15(24)7-3-5-13-17(28-10-12(22)9-21)8-16(25)18(13)20(27)29-11/h2,6,8,11-13,15,19,21-22,24-26H,3-5,7,9-10H2,1H3/b6-2-. The van der Waals surface area contributed by atoms with Crippen LogP contribution in [0, 0.1) is 5.92 Å². The first-order valence-electron chi connectivity index (χ1n) is 9.58. The highest BCUT2D eigenvalue weighted by molar-refractivity contribution is 5.94. The second-order valence-corrected chi connectivity index (χ2v) is 7.25. The van der Waals surface area contributed by atoms with Crippen LogP contribution in [-0.2, 0) is 19.1 Å². The lowest BCUT2D eigenvalue weighted by Gasteiger charge is -2.22. The van der Waals surface area contributed by atoms with Crippen LogP contribution in [0.3, 0.4) is 0 Å². The van der Waals surface area contributed by atoms with Gasteiger partial charge in [0.2, 0.25) is 0 Å². The predicted octanol–water partition coefficient (Wildman–Crippen LogP) is 0.0348. The third-order valence-corrected chi connectivity index (χ3v) is 4.83. The molecule has 0 amide bonds. The van der Waals surface area contributed by atoms with Crippen molar-refractivity contribution in [2.45, 2.75) is 57.0 Å². The molecule has 0 fully saturated rings. The molecule has 5 N–H and O–H groups in total. The molecule has 29 heavy (non-hydrogen) atoms. The molecule has 0 aromatic heterocycles. The summed E-state index contributed by atoms with van der Waals surface area (Å²) in [7, 11) is 0. The van der Waals surface area contributed by atoms with Gasteiger partial charge in [-0.15, -0.1) is 0 Å². The average Bonchev–Trinajstić information content (AvgIpc) is 2.99. The second kappa shape index (κ2) is 10.5. The van der Waals surface area contributed by atoms with Crippen LogP contribution in [0.15, 0.2) is 35.3 Å². The second-order valence-electron chi connectivity index (χ2n) is 7.25. The molecule has 1 aliphatic carbocycles. The molecule has 0 radical (unpaired) electrons.